The lowest BCUT2D eigenvalue weighted by Crippen LogP contribution is -2.55. The molecule has 1 fully saturated rings. The summed E-state index contributed by atoms with van der Waals surface area (Å²) in [6, 6.07) is 3.39. The van der Waals surface area contributed by atoms with Crippen LogP contribution in [0.4, 0.5) is 5.82 Å². The average molecular weight is 597 g/mol. The number of rotatable bonds is 10. The maximum Gasteiger partial charge on any atom is 0.403 e. The molecule has 4 N–H and O–H groups in total. The minimum atomic E-state index is -5.26. The lowest BCUT2D eigenvalue weighted by Gasteiger charge is -2.35. The van der Waals surface area contributed by atoms with Gasteiger partial charge in [0.1, 0.15) is 30.1 Å². The van der Waals surface area contributed by atoms with E-state index in [1.165, 1.54) is 24.4 Å². The van der Waals surface area contributed by atoms with Crippen molar-refractivity contribution in [3.05, 3.63) is 24.2 Å². The Morgan fingerprint density at radius 2 is 1.78 bits per heavy atom. The molecule has 5 atom stereocenters. The molecular formula is C24H33N6O10P. The number of esters is 3. The number of aromatic nitrogens is 3. The van der Waals surface area contributed by atoms with Gasteiger partial charge in [0.15, 0.2) is 18.0 Å². The van der Waals surface area contributed by atoms with Crippen molar-refractivity contribution < 1.29 is 47.7 Å². The molecule has 3 rings (SSSR count). The second-order valence-corrected chi connectivity index (χ2v) is 11.7. The molecule has 1 aliphatic rings. The minimum Gasteiger partial charge on any atom is -0.468 e. The van der Waals surface area contributed by atoms with Crippen molar-refractivity contribution in [3.63, 3.8) is 0 Å². The number of fused-ring (bicyclic) bond motifs is 1. The fourth-order valence-corrected chi connectivity index (χ4v) is 5.20. The van der Waals surface area contributed by atoms with E-state index in [0.29, 0.717) is 10.2 Å². The number of nitrogens with two attached hydrogens (primary N) is 1. The van der Waals surface area contributed by atoms with Crippen LogP contribution in [0.25, 0.3) is 5.52 Å². The smallest absolute Gasteiger partial charge is 0.403 e. The number of hydrogen-bond acceptors (Lipinski definition) is 12. The van der Waals surface area contributed by atoms with Crippen molar-refractivity contribution in [1.82, 2.24) is 19.3 Å². The largest absolute Gasteiger partial charge is 0.468 e. The predicted octanol–water partition coefficient (Wildman–Crippen LogP) is 0.737. The van der Waals surface area contributed by atoms with Gasteiger partial charge in [-0.25, -0.2) is 14.1 Å². The molecule has 17 heteroatoms. The Morgan fingerprint density at radius 1 is 1.17 bits per heavy atom. The van der Waals surface area contributed by atoms with E-state index in [1.807, 2.05) is 6.07 Å². The maximum atomic E-state index is 12.9. The Balaban J connectivity index is 2.26. The molecule has 0 amide bonds. The van der Waals surface area contributed by atoms with Gasteiger partial charge in [-0.05, 0) is 19.1 Å². The molecule has 0 radical (unpaired) electrons. The van der Waals surface area contributed by atoms with Crippen molar-refractivity contribution in [3.8, 4) is 6.07 Å². The summed E-state index contributed by atoms with van der Waals surface area (Å²) in [7, 11) is -4.24. The van der Waals surface area contributed by atoms with E-state index in [1.54, 1.807) is 19.9 Å². The topological polar surface area (TPSA) is 229 Å². The second kappa shape index (κ2) is 12.1. The minimum absolute atomic E-state index is 0.105. The molecule has 1 unspecified atom stereocenters. The maximum absolute atomic E-state index is 12.9. The standard InChI is InChI=1S/C24H33N6O10P/c1-12(2)21(31)38-18-17(15-7-8-16-20(26)27-11-28-30(15)16)40-24(9-25,19(18)39-22(32)13(3)4)10-29(41(34,35)36)14(5)23(33)37-6/h7-8,11-14,17-19H,10H2,1-6H3,(H2,26,27,28)(H2,34,35,36)/t14?,17-,18-,19-,24-/m0/s1. The van der Waals surface area contributed by atoms with E-state index >= 15 is 0 Å². The van der Waals surface area contributed by atoms with E-state index in [-0.39, 0.29) is 11.5 Å². The molecule has 0 saturated carbocycles. The van der Waals surface area contributed by atoms with Gasteiger partial charge < -0.3 is 34.5 Å². The van der Waals surface area contributed by atoms with Crippen molar-refractivity contribution in [2.24, 2.45) is 11.8 Å². The highest BCUT2D eigenvalue weighted by Gasteiger charge is 2.63. The van der Waals surface area contributed by atoms with Gasteiger partial charge in [-0.3, -0.25) is 14.4 Å². The third-order valence-electron chi connectivity index (χ3n) is 6.54. The van der Waals surface area contributed by atoms with E-state index in [2.05, 4.69) is 14.8 Å². The van der Waals surface area contributed by atoms with Crippen molar-refractivity contribution in [2.45, 2.75) is 64.6 Å². The number of nitriles is 1. The van der Waals surface area contributed by atoms with Crippen molar-refractivity contribution in [1.29, 1.82) is 5.26 Å². The molecule has 41 heavy (non-hydrogen) atoms. The van der Waals surface area contributed by atoms with Crippen LogP contribution in [0.15, 0.2) is 18.5 Å². The number of carbonyl (C=O) groups excluding carboxylic acids is 3. The van der Waals surface area contributed by atoms with Gasteiger partial charge in [0, 0.05) is 0 Å². The Morgan fingerprint density at radius 3 is 2.32 bits per heavy atom. The van der Waals surface area contributed by atoms with Crippen LogP contribution in [-0.4, -0.2) is 84.5 Å². The van der Waals surface area contributed by atoms with Crippen LogP contribution in [0, 0.1) is 23.2 Å². The van der Waals surface area contributed by atoms with Gasteiger partial charge in [-0.1, -0.05) is 27.7 Å². The highest BCUT2D eigenvalue weighted by molar-refractivity contribution is 7.49. The number of carbonyl (C=O) groups is 3. The molecular weight excluding hydrogens is 563 g/mol. The number of nitrogens with zero attached hydrogens (tertiary/aromatic N) is 5. The zero-order valence-corrected chi connectivity index (χ0v) is 24.2. The number of anilines is 1. The summed E-state index contributed by atoms with van der Waals surface area (Å²) in [5.41, 5.74) is 4.15. The van der Waals surface area contributed by atoms with Gasteiger partial charge in [0.2, 0.25) is 5.60 Å². The van der Waals surface area contributed by atoms with Crippen LogP contribution in [-0.2, 0) is 37.9 Å². The first-order valence-corrected chi connectivity index (χ1v) is 14.1. The van der Waals surface area contributed by atoms with Gasteiger partial charge in [0.05, 0.1) is 31.2 Å². The molecule has 0 spiro atoms. The highest BCUT2D eigenvalue weighted by Crippen LogP contribution is 2.49. The van der Waals surface area contributed by atoms with Gasteiger partial charge in [-0.15, -0.1) is 0 Å². The lowest BCUT2D eigenvalue weighted by molar-refractivity contribution is -0.173. The third-order valence-corrected chi connectivity index (χ3v) is 7.70. The molecule has 0 bridgehead atoms. The number of ether oxygens (including phenoxy) is 4. The summed E-state index contributed by atoms with van der Waals surface area (Å²) >= 11 is 0. The summed E-state index contributed by atoms with van der Waals surface area (Å²) < 4.78 is 36.6. The monoisotopic (exact) mass is 596 g/mol. The molecule has 3 heterocycles. The normalized spacial score (nSPS) is 23.5. The molecule has 224 valence electrons. The fraction of sp³-hybridized carbons (Fsp3) is 0.583. The zero-order valence-electron chi connectivity index (χ0n) is 23.3. The number of hydrogen-bond donors (Lipinski definition) is 3. The summed E-state index contributed by atoms with van der Waals surface area (Å²) in [6.07, 6.45) is -3.39. The Labute approximate surface area is 235 Å². The van der Waals surface area contributed by atoms with E-state index in [4.69, 9.17) is 19.9 Å². The van der Waals surface area contributed by atoms with Gasteiger partial charge >= 0.3 is 25.7 Å². The molecule has 2 aromatic heterocycles. The van der Waals surface area contributed by atoms with Crippen LogP contribution in [0.2, 0.25) is 0 Å². The SMILES string of the molecule is COC(=O)C(C)N(C[C@]1(C#N)O[C@@H](c2ccc3c(N)ncnn23)[C@H](OC(=O)C(C)C)[C@@H]1OC(=O)C(C)C)P(=O)(O)O. The third kappa shape index (κ3) is 6.34. The molecule has 0 aromatic carbocycles. The van der Waals surface area contributed by atoms with Crippen LogP contribution < -0.4 is 5.73 Å². The molecule has 0 aliphatic carbocycles. The lowest BCUT2D eigenvalue weighted by atomic mass is 9.94. The molecule has 2 aromatic rings. The second-order valence-electron chi connectivity index (χ2n) is 10.1. The van der Waals surface area contributed by atoms with Crippen LogP contribution >= 0.6 is 7.75 Å². The summed E-state index contributed by atoms with van der Waals surface area (Å²) in [5.74, 6) is -3.80. The van der Waals surface area contributed by atoms with E-state index in [0.717, 1.165) is 20.4 Å². The Hall–Kier alpha value is -3.61. The average Bonchev–Trinajstić information content (AvgIpc) is 3.46. The highest BCUT2D eigenvalue weighted by atomic mass is 31.2. The van der Waals surface area contributed by atoms with Crippen LogP contribution in [0.5, 0.6) is 0 Å². The summed E-state index contributed by atoms with van der Waals surface area (Å²) in [4.78, 5) is 62.3. The summed E-state index contributed by atoms with van der Waals surface area (Å²) in [5, 5.41) is 14.7. The van der Waals surface area contributed by atoms with Crippen molar-refractivity contribution in [2.75, 3.05) is 19.4 Å². The summed E-state index contributed by atoms with van der Waals surface area (Å²) in [6.45, 7) is 6.39. The Bertz CT molecular complexity index is 1400. The molecule has 16 nitrogen and oxygen atoms in total. The van der Waals surface area contributed by atoms with Gasteiger partial charge in [-0.2, -0.15) is 15.0 Å². The van der Waals surface area contributed by atoms with Gasteiger partial charge in [0.25, 0.3) is 0 Å². The first-order chi connectivity index (χ1) is 19.1. The Kier molecular flexibility index (Phi) is 9.41. The predicted molar refractivity (Wildman–Crippen MR) is 139 cm³/mol. The first-order valence-electron chi connectivity index (χ1n) is 12.6. The van der Waals surface area contributed by atoms with Crippen LogP contribution in [0.3, 0.4) is 0 Å². The number of nitrogen functional groups attached to an aromatic ring is 1. The number of methoxy groups -OCH3 is 1. The van der Waals surface area contributed by atoms with Crippen molar-refractivity contribution >= 4 is 37.0 Å². The fourth-order valence-electron chi connectivity index (χ4n) is 4.26. The van der Waals surface area contributed by atoms with E-state index in [9.17, 15) is 34.0 Å². The van der Waals surface area contributed by atoms with E-state index < -0.39 is 74.0 Å². The quantitative estimate of drug-likeness (QED) is 0.195. The molecule has 1 saturated heterocycles. The van der Waals surface area contributed by atoms with Crippen LogP contribution in [0.1, 0.15) is 46.4 Å². The molecule has 1 aliphatic heterocycles. The zero-order chi connectivity index (χ0) is 30.9. The first kappa shape index (κ1) is 31.9.